The molecule has 1 aromatic carbocycles. The molecule has 1 aromatic heterocycles. The lowest BCUT2D eigenvalue weighted by Crippen LogP contribution is -2.30. The number of carbonyl (C=O) groups is 1. The number of halogens is 1. The van der Waals surface area contributed by atoms with E-state index in [1.807, 2.05) is 12.1 Å². The number of hydrogen-bond acceptors (Lipinski definition) is 3. The predicted molar refractivity (Wildman–Crippen MR) is 89.8 cm³/mol. The fourth-order valence-corrected chi connectivity index (χ4v) is 3.23. The van der Waals surface area contributed by atoms with E-state index < -0.39 is 5.97 Å². The van der Waals surface area contributed by atoms with Gasteiger partial charge in [0.15, 0.2) is 0 Å². The summed E-state index contributed by atoms with van der Waals surface area (Å²) in [5, 5.41) is 13.1. The van der Waals surface area contributed by atoms with E-state index in [4.69, 9.17) is 21.1 Å². The smallest absolute Gasteiger partial charge is 0.335 e. The number of hydrogen-bond donors (Lipinski definition) is 2. The third-order valence-corrected chi connectivity index (χ3v) is 4.64. The lowest BCUT2D eigenvalue weighted by Gasteiger charge is -2.22. The van der Waals surface area contributed by atoms with E-state index in [0.29, 0.717) is 28.9 Å². The molecule has 1 saturated carbocycles. The molecule has 0 bridgehead atoms. The second-order valence-corrected chi connectivity index (χ2v) is 6.39. The molecule has 122 valence electrons. The van der Waals surface area contributed by atoms with Gasteiger partial charge in [-0.15, -0.1) is 0 Å². The van der Waals surface area contributed by atoms with Crippen LogP contribution in [0.2, 0.25) is 5.02 Å². The lowest BCUT2D eigenvalue weighted by atomic mass is 9.95. The van der Waals surface area contributed by atoms with Crippen molar-refractivity contribution in [1.29, 1.82) is 0 Å². The molecule has 1 heterocycles. The first kappa shape index (κ1) is 16.1. The van der Waals surface area contributed by atoms with Gasteiger partial charge in [0.25, 0.3) is 0 Å². The van der Waals surface area contributed by atoms with Crippen molar-refractivity contribution in [3.63, 3.8) is 0 Å². The second-order valence-electron chi connectivity index (χ2n) is 5.98. The van der Waals surface area contributed by atoms with Crippen LogP contribution in [-0.2, 0) is 6.54 Å². The quantitative estimate of drug-likeness (QED) is 0.831. The average molecular weight is 334 g/mol. The van der Waals surface area contributed by atoms with Crippen molar-refractivity contribution in [2.45, 2.75) is 44.7 Å². The molecule has 2 N–H and O–H groups in total. The maximum atomic E-state index is 11.1. The van der Waals surface area contributed by atoms with Crippen molar-refractivity contribution in [3.05, 3.63) is 46.7 Å². The van der Waals surface area contributed by atoms with Crippen LogP contribution >= 0.6 is 11.6 Å². The van der Waals surface area contributed by atoms with Gasteiger partial charge in [0.2, 0.25) is 0 Å². The molecule has 23 heavy (non-hydrogen) atoms. The second kappa shape index (κ2) is 7.20. The molecular weight excluding hydrogens is 314 g/mol. The Labute approximate surface area is 140 Å². The highest BCUT2D eigenvalue weighted by molar-refractivity contribution is 6.33. The van der Waals surface area contributed by atoms with Crippen LogP contribution in [0, 0.1) is 0 Å². The van der Waals surface area contributed by atoms with Gasteiger partial charge in [0.05, 0.1) is 17.1 Å². The summed E-state index contributed by atoms with van der Waals surface area (Å²) in [6.07, 6.45) is 6.36. The number of carboxylic acid groups (broad SMARTS) is 1. The third kappa shape index (κ3) is 3.95. The predicted octanol–water partition coefficient (Wildman–Crippen LogP) is 4.72. The van der Waals surface area contributed by atoms with Gasteiger partial charge in [-0.1, -0.05) is 30.9 Å². The number of rotatable bonds is 5. The van der Waals surface area contributed by atoms with Crippen molar-refractivity contribution in [1.82, 2.24) is 5.32 Å². The SMILES string of the molecule is O=C(O)c1ccc(Cl)c(-c2ccc(CNC3CCCCC3)o2)c1. The highest BCUT2D eigenvalue weighted by atomic mass is 35.5. The first-order valence-corrected chi connectivity index (χ1v) is 8.36. The Morgan fingerprint density at radius 3 is 2.74 bits per heavy atom. The summed E-state index contributed by atoms with van der Waals surface area (Å²) in [5.74, 6) is 0.453. The van der Waals surface area contributed by atoms with Crippen LogP contribution in [-0.4, -0.2) is 17.1 Å². The molecule has 0 aliphatic heterocycles. The van der Waals surface area contributed by atoms with Gasteiger partial charge in [-0.3, -0.25) is 0 Å². The number of furan rings is 1. The van der Waals surface area contributed by atoms with Gasteiger partial charge in [0, 0.05) is 11.6 Å². The van der Waals surface area contributed by atoms with Crippen LogP contribution in [0.15, 0.2) is 34.7 Å². The average Bonchev–Trinajstić information content (AvgIpc) is 3.03. The van der Waals surface area contributed by atoms with Crippen molar-refractivity contribution < 1.29 is 14.3 Å². The largest absolute Gasteiger partial charge is 0.478 e. The van der Waals surface area contributed by atoms with E-state index in [1.54, 1.807) is 12.1 Å². The third-order valence-electron chi connectivity index (χ3n) is 4.31. The van der Waals surface area contributed by atoms with Crippen LogP contribution in [0.4, 0.5) is 0 Å². The molecule has 4 nitrogen and oxygen atoms in total. The van der Waals surface area contributed by atoms with Gasteiger partial charge in [-0.2, -0.15) is 0 Å². The van der Waals surface area contributed by atoms with Gasteiger partial charge in [-0.05, 0) is 43.2 Å². The Hall–Kier alpha value is -1.78. The molecule has 1 aliphatic rings. The molecular formula is C18H20ClNO3. The summed E-state index contributed by atoms with van der Waals surface area (Å²) in [6, 6.07) is 8.93. The lowest BCUT2D eigenvalue weighted by molar-refractivity contribution is 0.0697. The van der Waals surface area contributed by atoms with E-state index in [9.17, 15) is 4.79 Å². The Morgan fingerprint density at radius 1 is 1.22 bits per heavy atom. The maximum absolute atomic E-state index is 11.1. The Kier molecular flexibility index (Phi) is 5.03. The fourth-order valence-electron chi connectivity index (χ4n) is 3.02. The summed E-state index contributed by atoms with van der Waals surface area (Å²) < 4.78 is 5.84. The minimum absolute atomic E-state index is 0.197. The molecule has 5 heteroatoms. The molecule has 0 spiro atoms. The van der Waals surface area contributed by atoms with E-state index in [2.05, 4.69) is 5.32 Å². The Bertz CT molecular complexity index is 689. The van der Waals surface area contributed by atoms with Crippen molar-refractivity contribution in [2.24, 2.45) is 0 Å². The van der Waals surface area contributed by atoms with E-state index in [1.165, 1.54) is 38.2 Å². The van der Waals surface area contributed by atoms with E-state index in [-0.39, 0.29) is 5.56 Å². The Balaban J connectivity index is 1.71. The molecule has 1 aliphatic carbocycles. The van der Waals surface area contributed by atoms with Crippen LogP contribution in [0.1, 0.15) is 48.2 Å². The summed E-state index contributed by atoms with van der Waals surface area (Å²) in [4.78, 5) is 11.1. The van der Waals surface area contributed by atoms with Gasteiger partial charge < -0.3 is 14.8 Å². The zero-order valence-corrected chi connectivity index (χ0v) is 13.6. The van der Waals surface area contributed by atoms with Gasteiger partial charge in [0.1, 0.15) is 11.5 Å². The molecule has 1 fully saturated rings. The van der Waals surface area contributed by atoms with Crippen LogP contribution in [0.3, 0.4) is 0 Å². The van der Waals surface area contributed by atoms with E-state index >= 15 is 0 Å². The number of benzene rings is 1. The van der Waals surface area contributed by atoms with Crippen LogP contribution in [0.5, 0.6) is 0 Å². The molecule has 0 amide bonds. The monoisotopic (exact) mass is 333 g/mol. The first-order chi connectivity index (χ1) is 11.1. The highest BCUT2D eigenvalue weighted by Crippen LogP contribution is 2.30. The zero-order valence-electron chi connectivity index (χ0n) is 12.8. The minimum Gasteiger partial charge on any atom is -0.478 e. The van der Waals surface area contributed by atoms with Crippen LogP contribution < -0.4 is 5.32 Å². The topological polar surface area (TPSA) is 62.5 Å². The van der Waals surface area contributed by atoms with Gasteiger partial charge >= 0.3 is 5.97 Å². The van der Waals surface area contributed by atoms with Crippen LogP contribution in [0.25, 0.3) is 11.3 Å². The highest BCUT2D eigenvalue weighted by Gasteiger charge is 2.15. The molecule has 0 atom stereocenters. The summed E-state index contributed by atoms with van der Waals surface area (Å²) in [7, 11) is 0. The first-order valence-electron chi connectivity index (χ1n) is 7.99. The van der Waals surface area contributed by atoms with Crippen molar-refractivity contribution in [2.75, 3.05) is 0 Å². The molecule has 3 rings (SSSR count). The summed E-state index contributed by atoms with van der Waals surface area (Å²) in [5.41, 5.74) is 0.804. The van der Waals surface area contributed by atoms with Crippen molar-refractivity contribution in [3.8, 4) is 11.3 Å². The fraction of sp³-hybridized carbons (Fsp3) is 0.389. The number of carboxylic acids is 1. The zero-order chi connectivity index (χ0) is 16.2. The van der Waals surface area contributed by atoms with Crippen molar-refractivity contribution >= 4 is 17.6 Å². The standard InChI is InChI=1S/C18H20ClNO3/c19-16-8-6-12(18(21)22)10-15(16)17-9-7-14(23-17)11-20-13-4-2-1-3-5-13/h6-10,13,20H,1-5,11H2,(H,21,22). The van der Waals surface area contributed by atoms with Gasteiger partial charge in [-0.25, -0.2) is 4.79 Å². The number of nitrogens with one attached hydrogen (secondary N) is 1. The molecule has 0 unspecified atom stereocenters. The number of aromatic carboxylic acids is 1. The van der Waals surface area contributed by atoms with E-state index in [0.717, 1.165) is 5.76 Å². The normalized spacial score (nSPS) is 15.7. The summed E-state index contributed by atoms with van der Waals surface area (Å²) in [6.45, 7) is 0.681. The molecule has 0 radical (unpaired) electrons. The minimum atomic E-state index is -0.978. The molecule has 0 saturated heterocycles. The Morgan fingerprint density at radius 2 is 2.00 bits per heavy atom. The summed E-state index contributed by atoms with van der Waals surface area (Å²) >= 11 is 6.17. The molecule has 2 aromatic rings. The maximum Gasteiger partial charge on any atom is 0.335 e.